The molecule has 0 amide bonds. The third-order valence-corrected chi connectivity index (χ3v) is 5.48. The van der Waals surface area contributed by atoms with Crippen molar-refractivity contribution < 1.29 is 8.42 Å². The number of fused-ring (bicyclic) bond motifs is 1. The predicted octanol–water partition coefficient (Wildman–Crippen LogP) is 3.65. The summed E-state index contributed by atoms with van der Waals surface area (Å²) in [5.41, 5.74) is 1.26. The van der Waals surface area contributed by atoms with Gasteiger partial charge in [-0.2, -0.15) is 0 Å². The number of nitrogens with zero attached hydrogens (tertiary/aromatic N) is 1. The van der Waals surface area contributed by atoms with Crippen molar-refractivity contribution in [2.45, 2.75) is 4.90 Å². The Hall–Kier alpha value is -1.98. The number of anilines is 1. The number of para-hydroxylation sites is 1. The van der Waals surface area contributed by atoms with Gasteiger partial charge >= 0.3 is 0 Å². The SMILES string of the molecule is CN(c1cccc2c(Cl)c[nH]c12)S(=O)(=O)c1ccccc1. The Morgan fingerprint density at radius 1 is 1.05 bits per heavy atom. The van der Waals surface area contributed by atoms with Crippen LogP contribution in [0.5, 0.6) is 0 Å². The molecule has 1 aromatic heterocycles. The van der Waals surface area contributed by atoms with Gasteiger partial charge in [0, 0.05) is 18.6 Å². The molecule has 0 aliphatic rings. The van der Waals surface area contributed by atoms with Crippen LogP contribution >= 0.6 is 11.6 Å². The molecule has 0 saturated heterocycles. The predicted molar refractivity (Wildman–Crippen MR) is 85.3 cm³/mol. The zero-order valence-corrected chi connectivity index (χ0v) is 12.8. The van der Waals surface area contributed by atoms with E-state index < -0.39 is 10.0 Å². The summed E-state index contributed by atoms with van der Waals surface area (Å²) in [5, 5.41) is 1.36. The van der Waals surface area contributed by atoms with Gasteiger partial charge in [0.2, 0.25) is 0 Å². The number of aromatic nitrogens is 1. The number of hydrogen-bond acceptors (Lipinski definition) is 2. The van der Waals surface area contributed by atoms with E-state index in [-0.39, 0.29) is 4.90 Å². The number of aromatic amines is 1. The number of hydrogen-bond donors (Lipinski definition) is 1. The number of nitrogens with one attached hydrogen (secondary N) is 1. The molecule has 108 valence electrons. The molecule has 0 saturated carbocycles. The molecule has 0 aliphatic carbocycles. The molecule has 21 heavy (non-hydrogen) atoms. The van der Waals surface area contributed by atoms with Gasteiger partial charge in [-0.3, -0.25) is 4.31 Å². The Morgan fingerprint density at radius 2 is 1.76 bits per heavy atom. The van der Waals surface area contributed by atoms with Crippen LogP contribution in [-0.2, 0) is 10.0 Å². The molecular weight excluding hydrogens is 308 g/mol. The van der Waals surface area contributed by atoms with E-state index in [2.05, 4.69) is 4.98 Å². The molecule has 3 rings (SSSR count). The van der Waals surface area contributed by atoms with Gasteiger partial charge in [0.25, 0.3) is 10.0 Å². The van der Waals surface area contributed by atoms with Crippen molar-refractivity contribution in [1.82, 2.24) is 4.98 Å². The lowest BCUT2D eigenvalue weighted by Gasteiger charge is -2.20. The van der Waals surface area contributed by atoms with Crippen molar-refractivity contribution in [1.29, 1.82) is 0 Å². The summed E-state index contributed by atoms with van der Waals surface area (Å²) in [6.45, 7) is 0. The molecule has 2 aromatic carbocycles. The number of benzene rings is 2. The second kappa shape index (κ2) is 5.09. The lowest BCUT2D eigenvalue weighted by Crippen LogP contribution is -2.26. The molecule has 0 aliphatic heterocycles. The van der Waals surface area contributed by atoms with E-state index in [1.807, 2.05) is 6.07 Å². The van der Waals surface area contributed by atoms with Gasteiger partial charge < -0.3 is 4.98 Å². The summed E-state index contributed by atoms with van der Waals surface area (Å²) in [7, 11) is -2.07. The molecule has 4 nitrogen and oxygen atoms in total. The average molecular weight is 321 g/mol. The molecule has 1 heterocycles. The normalized spacial score (nSPS) is 11.7. The minimum atomic E-state index is -3.60. The smallest absolute Gasteiger partial charge is 0.264 e. The molecule has 3 aromatic rings. The van der Waals surface area contributed by atoms with Gasteiger partial charge in [-0.1, -0.05) is 41.9 Å². The first-order chi connectivity index (χ1) is 10.0. The quantitative estimate of drug-likeness (QED) is 0.801. The zero-order valence-electron chi connectivity index (χ0n) is 11.2. The first-order valence-corrected chi connectivity index (χ1v) is 8.13. The molecule has 0 spiro atoms. The summed E-state index contributed by atoms with van der Waals surface area (Å²) in [6.07, 6.45) is 1.65. The van der Waals surface area contributed by atoms with E-state index in [1.54, 1.807) is 48.7 Å². The first kappa shape index (κ1) is 14.0. The van der Waals surface area contributed by atoms with E-state index in [1.165, 1.54) is 11.4 Å². The fourth-order valence-corrected chi connectivity index (χ4v) is 3.69. The van der Waals surface area contributed by atoms with E-state index in [9.17, 15) is 8.42 Å². The number of H-pyrrole nitrogens is 1. The van der Waals surface area contributed by atoms with Crippen LogP contribution in [0.25, 0.3) is 10.9 Å². The zero-order chi connectivity index (χ0) is 15.0. The van der Waals surface area contributed by atoms with Crippen LogP contribution in [0.1, 0.15) is 0 Å². The second-order valence-corrected chi connectivity index (χ2v) is 7.00. The highest BCUT2D eigenvalue weighted by Gasteiger charge is 2.23. The Labute approximate surface area is 128 Å². The van der Waals surface area contributed by atoms with Crippen molar-refractivity contribution in [3.63, 3.8) is 0 Å². The van der Waals surface area contributed by atoms with Crippen LogP contribution in [0.15, 0.2) is 59.6 Å². The maximum absolute atomic E-state index is 12.7. The lowest BCUT2D eigenvalue weighted by molar-refractivity contribution is 0.594. The number of sulfonamides is 1. The molecule has 1 N–H and O–H groups in total. The summed E-state index contributed by atoms with van der Waals surface area (Å²) >= 11 is 6.08. The third-order valence-electron chi connectivity index (χ3n) is 3.38. The van der Waals surface area contributed by atoms with Crippen LogP contribution in [0, 0.1) is 0 Å². The summed E-state index contributed by atoms with van der Waals surface area (Å²) in [4.78, 5) is 3.27. The topological polar surface area (TPSA) is 53.2 Å². The van der Waals surface area contributed by atoms with Crippen molar-refractivity contribution in [3.05, 3.63) is 59.8 Å². The van der Waals surface area contributed by atoms with Crippen molar-refractivity contribution in [2.75, 3.05) is 11.4 Å². The average Bonchev–Trinajstić information content (AvgIpc) is 2.89. The molecule has 0 bridgehead atoms. The summed E-state index contributed by atoms with van der Waals surface area (Å²) in [6, 6.07) is 13.7. The fourth-order valence-electron chi connectivity index (χ4n) is 2.25. The van der Waals surface area contributed by atoms with Crippen molar-refractivity contribution in [2.24, 2.45) is 0 Å². The van der Waals surface area contributed by atoms with Gasteiger partial charge in [-0.05, 0) is 18.2 Å². The van der Waals surface area contributed by atoms with Crippen LogP contribution in [0.3, 0.4) is 0 Å². The van der Waals surface area contributed by atoms with Crippen LogP contribution in [-0.4, -0.2) is 20.4 Å². The molecule has 0 fully saturated rings. The van der Waals surface area contributed by atoms with Gasteiger partial charge in [0.15, 0.2) is 0 Å². The highest BCUT2D eigenvalue weighted by atomic mass is 35.5. The number of halogens is 1. The molecule has 6 heteroatoms. The third kappa shape index (κ3) is 2.28. The van der Waals surface area contributed by atoms with Crippen molar-refractivity contribution >= 4 is 38.2 Å². The van der Waals surface area contributed by atoms with Crippen LogP contribution in [0.4, 0.5) is 5.69 Å². The van der Waals surface area contributed by atoms with E-state index in [0.29, 0.717) is 16.2 Å². The van der Waals surface area contributed by atoms with Gasteiger partial charge in [0.05, 0.1) is 21.1 Å². The first-order valence-electron chi connectivity index (χ1n) is 6.31. The Balaban J connectivity index is 2.15. The van der Waals surface area contributed by atoms with Gasteiger partial charge in [0.1, 0.15) is 0 Å². The molecule has 0 unspecified atom stereocenters. The highest BCUT2D eigenvalue weighted by molar-refractivity contribution is 7.92. The van der Waals surface area contributed by atoms with E-state index in [0.717, 1.165) is 5.39 Å². The standard InChI is InChI=1S/C15H13ClN2O2S/c1-18(21(19,20)11-6-3-2-4-7-11)14-9-5-8-12-13(16)10-17-15(12)14/h2-10,17H,1H3. The van der Waals surface area contributed by atoms with Crippen LogP contribution < -0.4 is 4.31 Å². The van der Waals surface area contributed by atoms with E-state index in [4.69, 9.17) is 11.6 Å². The second-order valence-electron chi connectivity index (χ2n) is 4.62. The van der Waals surface area contributed by atoms with Gasteiger partial charge in [-0.15, -0.1) is 0 Å². The van der Waals surface area contributed by atoms with Gasteiger partial charge in [-0.25, -0.2) is 8.42 Å². The maximum atomic E-state index is 12.7. The monoisotopic (exact) mass is 320 g/mol. The summed E-state index contributed by atoms with van der Waals surface area (Å²) < 4.78 is 26.6. The minimum Gasteiger partial charge on any atom is -0.358 e. The Bertz CT molecular complexity index is 888. The molecular formula is C15H13ClN2O2S. The van der Waals surface area contributed by atoms with Crippen LogP contribution in [0.2, 0.25) is 5.02 Å². The Morgan fingerprint density at radius 3 is 2.48 bits per heavy atom. The molecule has 0 radical (unpaired) electrons. The Kier molecular flexibility index (Phi) is 3.39. The lowest BCUT2D eigenvalue weighted by atomic mass is 10.2. The van der Waals surface area contributed by atoms with Crippen molar-refractivity contribution in [3.8, 4) is 0 Å². The summed E-state index contributed by atoms with van der Waals surface area (Å²) in [5.74, 6) is 0. The largest absolute Gasteiger partial charge is 0.358 e. The van der Waals surface area contributed by atoms with E-state index >= 15 is 0 Å². The molecule has 0 atom stereocenters. The highest BCUT2D eigenvalue weighted by Crippen LogP contribution is 2.32. The number of rotatable bonds is 3. The maximum Gasteiger partial charge on any atom is 0.264 e. The minimum absolute atomic E-state index is 0.252. The fraction of sp³-hybridized carbons (Fsp3) is 0.0667.